The molecule has 0 unspecified atom stereocenters. The summed E-state index contributed by atoms with van der Waals surface area (Å²) in [5, 5.41) is 0. The second kappa shape index (κ2) is 9.81. The lowest BCUT2D eigenvalue weighted by atomic mass is 10.2. The molecule has 1 aromatic rings. The first-order valence-corrected chi connectivity index (χ1v) is 11.4. The molecule has 0 saturated carbocycles. The van der Waals surface area contributed by atoms with Crippen LogP contribution in [0.25, 0.3) is 0 Å². The first-order valence-electron chi connectivity index (χ1n) is 9.30. The van der Waals surface area contributed by atoms with Gasteiger partial charge < -0.3 is 9.16 Å². The van der Waals surface area contributed by atoms with Crippen LogP contribution in [0.4, 0.5) is 0 Å². The highest BCUT2D eigenvalue weighted by Crippen LogP contribution is 2.43. The molecule has 0 aromatic heterocycles. The molecule has 0 N–H and O–H groups in total. The maximum absolute atomic E-state index is 11.9. The lowest BCUT2D eigenvalue weighted by Gasteiger charge is -2.42. The number of ether oxygens (including phenoxy) is 1. The van der Waals surface area contributed by atoms with Crippen molar-refractivity contribution in [1.82, 2.24) is 0 Å². The summed E-state index contributed by atoms with van der Waals surface area (Å²) in [7, 11) is -1.93. The standard InChI is InChI=1S/C21H34O3Si/c1-16(2)25(17(3)4,18(5)6)24-19(7)12-11-15-23-21(22)20-13-9-8-10-14-20/h8-10,13-14,16-18H,7,11-12,15H2,1-6H3. The van der Waals surface area contributed by atoms with E-state index in [0.717, 1.165) is 18.6 Å². The highest BCUT2D eigenvalue weighted by atomic mass is 28.4. The van der Waals surface area contributed by atoms with Crippen molar-refractivity contribution in [3.05, 3.63) is 48.2 Å². The molecule has 0 atom stereocenters. The Morgan fingerprint density at radius 3 is 2.00 bits per heavy atom. The minimum Gasteiger partial charge on any atom is -0.546 e. The third kappa shape index (κ3) is 5.74. The summed E-state index contributed by atoms with van der Waals surface area (Å²) in [6.07, 6.45) is 1.46. The molecular weight excluding hydrogens is 328 g/mol. The van der Waals surface area contributed by atoms with E-state index < -0.39 is 8.32 Å². The van der Waals surface area contributed by atoms with Crippen LogP contribution in [0.3, 0.4) is 0 Å². The number of benzene rings is 1. The van der Waals surface area contributed by atoms with Gasteiger partial charge in [-0.1, -0.05) is 66.3 Å². The van der Waals surface area contributed by atoms with Crippen LogP contribution in [0.2, 0.25) is 16.6 Å². The van der Waals surface area contributed by atoms with Gasteiger partial charge in [0.05, 0.1) is 17.9 Å². The number of rotatable bonds is 10. The number of carbonyl (C=O) groups is 1. The van der Waals surface area contributed by atoms with Crippen molar-refractivity contribution < 1.29 is 14.0 Å². The van der Waals surface area contributed by atoms with Gasteiger partial charge in [-0.25, -0.2) is 4.79 Å². The Morgan fingerprint density at radius 2 is 1.52 bits per heavy atom. The lowest BCUT2D eigenvalue weighted by molar-refractivity contribution is 0.0498. The van der Waals surface area contributed by atoms with Gasteiger partial charge in [0.15, 0.2) is 0 Å². The fraction of sp³-hybridized carbons (Fsp3) is 0.571. The predicted molar refractivity (Wildman–Crippen MR) is 107 cm³/mol. The van der Waals surface area contributed by atoms with Gasteiger partial charge >= 0.3 is 5.97 Å². The van der Waals surface area contributed by atoms with E-state index in [9.17, 15) is 4.79 Å². The normalized spacial score (nSPS) is 11.9. The zero-order valence-electron chi connectivity index (χ0n) is 16.7. The van der Waals surface area contributed by atoms with Crippen LogP contribution in [0.15, 0.2) is 42.7 Å². The lowest BCUT2D eigenvalue weighted by Crippen LogP contribution is -2.47. The van der Waals surface area contributed by atoms with E-state index in [1.165, 1.54) is 0 Å². The molecular formula is C21H34O3Si. The monoisotopic (exact) mass is 362 g/mol. The second-order valence-electron chi connectivity index (χ2n) is 7.56. The van der Waals surface area contributed by atoms with Gasteiger partial charge in [0.1, 0.15) is 0 Å². The van der Waals surface area contributed by atoms with Gasteiger partial charge in [-0.3, -0.25) is 0 Å². The number of hydrogen-bond acceptors (Lipinski definition) is 3. The minimum absolute atomic E-state index is 0.276. The van der Waals surface area contributed by atoms with Gasteiger partial charge in [-0.05, 0) is 35.2 Å². The second-order valence-corrected chi connectivity index (χ2v) is 12.9. The van der Waals surface area contributed by atoms with Crippen LogP contribution in [0, 0.1) is 0 Å². The Morgan fingerprint density at radius 1 is 1.00 bits per heavy atom. The molecule has 0 fully saturated rings. The van der Waals surface area contributed by atoms with E-state index in [-0.39, 0.29) is 5.97 Å². The van der Waals surface area contributed by atoms with Crippen molar-refractivity contribution >= 4 is 14.3 Å². The Labute approximate surface area is 154 Å². The predicted octanol–water partition coefficient (Wildman–Crippen LogP) is 6.33. The van der Waals surface area contributed by atoms with Crippen LogP contribution in [-0.4, -0.2) is 20.9 Å². The van der Waals surface area contributed by atoms with Crippen molar-refractivity contribution in [1.29, 1.82) is 0 Å². The molecule has 0 aliphatic carbocycles. The molecule has 3 nitrogen and oxygen atoms in total. The van der Waals surface area contributed by atoms with E-state index in [4.69, 9.17) is 9.16 Å². The minimum atomic E-state index is -1.93. The van der Waals surface area contributed by atoms with Crippen LogP contribution in [-0.2, 0) is 9.16 Å². The zero-order valence-corrected chi connectivity index (χ0v) is 17.7. The highest BCUT2D eigenvalue weighted by Gasteiger charge is 2.47. The average molecular weight is 363 g/mol. The van der Waals surface area contributed by atoms with Crippen molar-refractivity contribution in [2.75, 3.05) is 6.61 Å². The molecule has 140 valence electrons. The van der Waals surface area contributed by atoms with Crippen LogP contribution in [0.5, 0.6) is 0 Å². The molecule has 0 heterocycles. The summed E-state index contributed by atoms with van der Waals surface area (Å²) in [5.41, 5.74) is 2.17. The van der Waals surface area contributed by atoms with Crippen molar-refractivity contribution in [2.45, 2.75) is 71.0 Å². The smallest absolute Gasteiger partial charge is 0.338 e. The van der Waals surface area contributed by atoms with Crippen molar-refractivity contribution in [3.8, 4) is 0 Å². The SMILES string of the molecule is C=C(CCCOC(=O)c1ccccc1)O[Si](C(C)C)(C(C)C)C(C)C. The molecule has 1 rings (SSSR count). The van der Waals surface area contributed by atoms with E-state index in [1.807, 2.05) is 18.2 Å². The maximum Gasteiger partial charge on any atom is 0.338 e. The molecule has 0 saturated heterocycles. The third-order valence-corrected chi connectivity index (χ3v) is 10.9. The van der Waals surface area contributed by atoms with Crippen LogP contribution < -0.4 is 0 Å². The van der Waals surface area contributed by atoms with Crippen molar-refractivity contribution in [2.24, 2.45) is 0 Å². The molecule has 0 aliphatic rings. The van der Waals surface area contributed by atoms with E-state index in [2.05, 4.69) is 48.1 Å². The fourth-order valence-electron chi connectivity index (χ4n) is 3.75. The van der Waals surface area contributed by atoms with E-state index >= 15 is 0 Å². The summed E-state index contributed by atoms with van der Waals surface area (Å²) in [6, 6.07) is 9.07. The molecule has 0 bridgehead atoms. The maximum atomic E-state index is 11.9. The Hall–Kier alpha value is -1.55. The van der Waals surface area contributed by atoms with Crippen LogP contribution in [0.1, 0.15) is 64.7 Å². The van der Waals surface area contributed by atoms with Gasteiger partial charge in [0.2, 0.25) is 0 Å². The summed E-state index contributed by atoms with van der Waals surface area (Å²) >= 11 is 0. The quantitative estimate of drug-likeness (QED) is 0.211. The van der Waals surface area contributed by atoms with Gasteiger partial charge in [0, 0.05) is 6.42 Å². The summed E-state index contributed by atoms with van der Waals surface area (Å²) < 4.78 is 11.8. The van der Waals surface area contributed by atoms with Gasteiger partial charge in [-0.2, -0.15) is 0 Å². The highest BCUT2D eigenvalue weighted by molar-refractivity contribution is 6.77. The molecule has 4 heteroatoms. The number of carbonyl (C=O) groups excluding carboxylic acids is 1. The molecule has 0 radical (unpaired) electrons. The van der Waals surface area contributed by atoms with Gasteiger partial charge in [-0.15, -0.1) is 0 Å². The summed E-state index contributed by atoms with van der Waals surface area (Å²) in [5.74, 6) is 0.556. The first kappa shape index (κ1) is 21.5. The Balaban J connectivity index is 2.49. The van der Waals surface area contributed by atoms with E-state index in [0.29, 0.717) is 28.8 Å². The fourth-order valence-corrected chi connectivity index (χ4v) is 9.06. The molecule has 0 aliphatic heterocycles. The van der Waals surface area contributed by atoms with Gasteiger partial charge in [0.25, 0.3) is 8.32 Å². The first-order chi connectivity index (χ1) is 11.7. The topological polar surface area (TPSA) is 35.5 Å². The third-order valence-electron chi connectivity index (χ3n) is 4.87. The Kier molecular flexibility index (Phi) is 8.43. The summed E-state index contributed by atoms with van der Waals surface area (Å²) in [6.45, 7) is 18.1. The molecule has 25 heavy (non-hydrogen) atoms. The molecule has 0 spiro atoms. The van der Waals surface area contributed by atoms with E-state index in [1.54, 1.807) is 12.1 Å². The van der Waals surface area contributed by atoms with Crippen molar-refractivity contribution in [3.63, 3.8) is 0 Å². The summed E-state index contributed by atoms with van der Waals surface area (Å²) in [4.78, 5) is 11.9. The molecule has 0 amide bonds. The average Bonchev–Trinajstić information content (AvgIpc) is 2.56. The largest absolute Gasteiger partial charge is 0.546 e. The zero-order chi connectivity index (χ0) is 19.0. The molecule has 1 aromatic carbocycles. The number of hydrogen-bond donors (Lipinski definition) is 0. The Bertz CT molecular complexity index is 528. The van der Waals surface area contributed by atoms with Crippen LogP contribution >= 0.6 is 0 Å². The number of esters is 1. The number of allylic oxidation sites excluding steroid dienone is 1.